The number of hydrogen-bond donors (Lipinski definition) is 2. The van der Waals surface area contributed by atoms with E-state index >= 15 is 0 Å². The van der Waals surface area contributed by atoms with Crippen LogP contribution in [0.25, 0.3) is 10.4 Å². The highest BCUT2D eigenvalue weighted by Crippen LogP contribution is 2.30. The number of carbonyl (C=O) groups is 3. The van der Waals surface area contributed by atoms with Crippen LogP contribution in [0.4, 0.5) is 11.4 Å². The molecule has 1 unspecified atom stereocenters. The van der Waals surface area contributed by atoms with E-state index in [1.54, 1.807) is 0 Å². The SMILES string of the molecule is [N-]=[N+]=Nc1ccc(C(=O)O)c(N2C(=O)CC(O)C2=O)c1. The van der Waals surface area contributed by atoms with E-state index in [1.165, 1.54) is 6.07 Å². The van der Waals surface area contributed by atoms with Gasteiger partial charge >= 0.3 is 5.97 Å². The number of imide groups is 1. The van der Waals surface area contributed by atoms with Crippen molar-refractivity contribution in [3.63, 3.8) is 0 Å². The molecule has 1 aliphatic rings. The van der Waals surface area contributed by atoms with Crippen LogP contribution in [0, 0.1) is 0 Å². The van der Waals surface area contributed by atoms with E-state index in [1.807, 2.05) is 0 Å². The Morgan fingerprint density at radius 1 is 1.45 bits per heavy atom. The van der Waals surface area contributed by atoms with Gasteiger partial charge in [-0.25, -0.2) is 9.69 Å². The third kappa shape index (κ3) is 2.18. The molecule has 1 atom stereocenters. The maximum Gasteiger partial charge on any atom is 0.337 e. The average molecular weight is 276 g/mol. The number of benzene rings is 1. The predicted octanol–water partition coefficient (Wildman–Crippen LogP) is 0.951. The van der Waals surface area contributed by atoms with Crippen LogP contribution >= 0.6 is 0 Å². The largest absolute Gasteiger partial charge is 0.478 e. The molecule has 1 fully saturated rings. The highest BCUT2D eigenvalue weighted by atomic mass is 16.4. The van der Waals surface area contributed by atoms with E-state index in [9.17, 15) is 19.5 Å². The van der Waals surface area contributed by atoms with Gasteiger partial charge in [0.2, 0.25) is 5.91 Å². The minimum absolute atomic E-state index is 0.0505. The molecule has 0 aliphatic carbocycles. The third-order valence-corrected chi connectivity index (χ3v) is 2.74. The smallest absolute Gasteiger partial charge is 0.337 e. The number of aliphatic hydroxyl groups excluding tert-OH is 1. The second-order valence-corrected chi connectivity index (χ2v) is 3.98. The van der Waals surface area contributed by atoms with Crippen molar-refractivity contribution in [2.75, 3.05) is 4.90 Å². The zero-order valence-corrected chi connectivity index (χ0v) is 9.92. The number of aromatic carboxylic acids is 1. The van der Waals surface area contributed by atoms with Gasteiger partial charge in [0.25, 0.3) is 5.91 Å². The summed E-state index contributed by atoms with van der Waals surface area (Å²) in [5, 5.41) is 21.7. The Kier molecular flexibility index (Phi) is 3.38. The Balaban J connectivity index is 2.61. The summed E-state index contributed by atoms with van der Waals surface area (Å²) in [4.78, 5) is 37.7. The number of amides is 2. The van der Waals surface area contributed by atoms with Crippen molar-refractivity contribution in [3.8, 4) is 0 Å². The Morgan fingerprint density at radius 2 is 2.15 bits per heavy atom. The average Bonchev–Trinajstić information content (AvgIpc) is 2.63. The topological polar surface area (TPSA) is 144 Å². The molecule has 20 heavy (non-hydrogen) atoms. The molecule has 2 rings (SSSR count). The molecular formula is C11H8N4O5. The van der Waals surface area contributed by atoms with Crippen molar-refractivity contribution in [1.82, 2.24) is 0 Å². The molecule has 1 heterocycles. The van der Waals surface area contributed by atoms with Crippen molar-refractivity contribution in [2.24, 2.45) is 5.11 Å². The highest BCUT2D eigenvalue weighted by molar-refractivity contribution is 6.23. The first-order chi connectivity index (χ1) is 9.45. The minimum Gasteiger partial charge on any atom is -0.478 e. The van der Waals surface area contributed by atoms with Crippen molar-refractivity contribution in [3.05, 3.63) is 34.2 Å². The zero-order valence-electron chi connectivity index (χ0n) is 9.92. The van der Waals surface area contributed by atoms with Gasteiger partial charge in [0.1, 0.15) is 6.10 Å². The molecule has 2 N–H and O–H groups in total. The molecule has 0 spiro atoms. The van der Waals surface area contributed by atoms with Crippen molar-refractivity contribution in [2.45, 2.75) is 12.5 Å². The Morgan fingerprint density at radius 3 is 2.65 bits per heavy atom. The number of nitrogens with zero attached hydrogens (tertiary/aromatic N) is 4. The van der Waals surface area contributed by atoms with E-state index in [2.05, 4.69) is 10.0 Å². The van der Waals surface area contributed by atoms with Gasteiger partial charge in [0.05, 0.1) is 17.7 Å². The number of hydrogen-bond acceptors (Lipinski definition) is 5. The molecule has 0 aromatic heterocycles. The molecule has 0 radical (unpaired) electrons. The lowest BCUT2D eigenvalue weighted by Gasteiger charge is -2.17. The minimum atomic E-state index is -1.49. The molecule has 102 valence electrons. The summed E-state index contributed by atoms with van der Waals surface area (Å²) in [6, 6.07) is 3.47. The van der Waals surface area contributed by atoms with Gasteiger partial charge in [0.15, 0.2) is 0 Å². The summed E-state index contributed by atoms with van der Waals surface area (Å²) in [5.41, 5.74) is 7.87. The highest BCUT2D eigenvalue weighted by Gasteiger charge is 2.40. The maximum absolute atomic E-state index is 11.7. The lowest BCUT2D eigenvalue weighted by atomic mass is 10.1. The summed E-state index contributed by atoms with van der Waals surface area (Å²) in [6.45, 7) is 0. The van der Waals surface area contributed by atoms with Crippen molar-refractivity contribution in [1.29, 1.82) is 0 Å². The molecule has 2 amide bonds. The quantitative estimate of drug-likeness (QED) is 0.365. The fourth-order valence-corrected chi connectivity index (χ4v) is 1.87. The van der Waals surface area contributed by atoms with E-state index in [0.29, 0.717) is 4.90 Å². The first kappa shape index (κ1) is 13.5. The number of carboxylic acid groups (broad SMARTS) is 1. The second-order valence-electron chi connectivity index (χ2n) is 3.98. The molecule has 9 nitrogen and oxygen atoms in total. The lowest BCUT2D eigenvalue weighted by Crippen LogP contribution is -2.33. The van der Waals surface area contributed by atoms with Gasteiger partial charge in [-0.15, -0.1) is 0 Å². The fraction of sp³-hybridized carbons (Fsp3) is 0.182. The van der Waals surface area contributed by atoms with Gasteiger partial charge in [-0.1, -0.05) is 11.2 Å². The van der Waals surface area contributed by atoms with Gasteiger partial charge in [0, 0.05) is 10.6 Å². The van der Waals surface area contributed by atoms with Crippen LogP contribution in [0.3, 0.4) is 0 Å². The molecule has 1 saturated heterocycles. The van der Waals surface area contributed by atoms with E-state index < -0.39 is 30.3 Å². The van der Waals surface area contributed by atoms with Crippen molar-refractivity contribution < 1.29 is 24.6 Å². The third-order valence-electron chi connectivity index (χ3n) is 2.74. The molecule has 1 aromatic carbocycles. The standard InChI is InChI=1S/C11H8N4O5/c12-14-13-5-1-2-6(11(19)20)7(3-5)15-9(17)4-8(16)10(15)18/h1-3,8,16H,4H2,(H,19,20). The first-order valence-electron chi connectivity index (χ1n) is 5.43. The summed E-state index contributed by atoms with van der Waals surface area (Å²) >= 11 is 0. The predicted molar refractivity (Wildman–Crippen MR) is 65.3 cm³/mol. The number of carboxylic acids is 1. The molecule has 1 aliphatic heterocycles. The van der Waals surface area contributed by atoms with Crippen LogP contribution in [0.1, 0.15) is 16.8 Å². The van der Waals surface area contributed by atoms with E-state index in [-0.39, 0.29) is 16.9 Å². The van der Waals surface area contributed by atoms with Crippen LogP contribution in [0.2, 0.25) is 0 Å². The summed E-state index contributed by atoms with van der Waals surface area (Å²) < 4.78 is 0. The molecule has 0 bridgehead atoms. The van der Waals surface area contributed by atoms with Crippen LogP contribution < -0.4 is 4.90 Å². The molecule has 0 saturated carbocycles. The van der Waals surface area contributed by atoms with E-state index in [4.69, 9.17) is 10.6 Å². The lowest BCUT2D eigenvalue weighted by molar-refractivity contribution is -0.124. The van der Waals surface area contributed by atoms with Gasteiger partial charge in [-0.2, -0.15) is 0 Å². The van der Waals surface area contributed by atoms with Crippen LogP contribution in [0.5, 0.6) is 0 Å². The van der Waals surface area contributed by atoms with Crippen molar-refractivity contribution >= 4 is 29.2 Å². The van der Waals surface area contributed by atoms with Gasteiger partial charge < -0.3 is 10.2 Å². The zero-order chi connectivity index (χ0) is 14.9. The molecule has 9 heteroatoms. The summed E-state index contributed by atoms with van der Waals surface area (Å²) in [7, 11) is 0. The van der Waals surface area contributed by atoms with Crippen LogP contribution in [0.15, 0.2) is 23.3 Å². The second kappa shape index (κ2) is 5.00. The number of rotatable bonds is 3. The summed E-state index contributed by atoms with van der Waals surface area (Å²) in [6.07, 6.45) is -1.91. The monoisotopic (exact) mass is 276 g/mol. The maximum atomic E-state index is 11.7. The van der Waals surface area contributed by atoms with Gasteiger partial charge in [-0.3, -0.25) is 9.59 Å². The number of aliphatic hydroxyl groups is 1. The summed E-state index contributed by atoms with van der Waals surface area (Å²) in [5.74, 6) is -2.98. The normalized spacial score (nSPS) is 18.1. The number of azide groups is 1. The molecule has 1 aromatic rings. The van der Waals surface area contributed by atoms with Crippen LogP contribution in [-0.2, 0) is 9.59 Å². The van der Waals surface area contributed by atoms with Crippen LogP contribution in [-0.4, -0.2) is 34.1 Å². The fourth-order valence-electron chi connectivity index (χ4n) is 1.87. The van der Waals surface area contributed by atoms with E-state index in [0.717, 1.165) is 12.1 Å². The first-order valence-corrected chi connectivity index (χ1v) is 5.43. The Bertz CT molecular complexity index is 665. The Hall–Kier alpha value is -2.90. The number of carbonyl (C=O) groups excluding carboxylic acids is 2. The molecular weight excluding hydrogens is 268 g/mol. The van der Waals surface area contributed by atoms with Gasteiger partial charge in [-0.05, 0) is 17.7 Å². The number of anilines is 1. The Labute approximate surface area is 111 Å².